The number of ether oxygens (including phenoxy) is 1. The molecule has 2 aromatic carbocycles. The number of rotatable bonds is 4. The zero-order valence-corrected chi connectivity index (χ0v) is 16.9. The van der Waals surface area contributed by atoms with Crippen LogP contribution in [0.4, 0.5) is 5.69 Å². The van der Waals surface area contributed by atoms with E-state index in [0.29, 0.717) is 10.9 Å². The molecule has 2 aliphatic rings. The molecule has 0 aliphatic carbocycles. The molecule has 2 heterocycles. The molecular formula is C20H20N2O4S2. The normalized spacial score (nSPS) is 24.3. The number of hydrogen-bond acceptors (Lipinski definition) is 5. The highest BCUT2D eigenvalue weighted by Gasteiger charge is 2.49. The summed E-state index contributed by atoms with van der Waals surface area (Å²) in [6.45, 7) is 0. The summed E-state index contributed by atoms with van der Waals surface area (Å²) in [5.74, 6) is 0.568. The largest absolute Gasteiger partial charge is 0.496 e. The Balaban J connectivity index is 1.63. The predicted molar refractivity (Wildman–Crippen MR) is 112 cm³/mol. The summed E-state index contributed by atoms with van der Waals surface area (Å²) in [4.78, 5) is 18.9. The van der Waals surface area contributed by atoms with E-state index in [4.69, 9.17) is 4.74 Å². The predicted octanol–water partition coefficient (Wildman–Crippen LogP) is 2.54. The van der Waals surface area contributed by atoms with Crippen LogP contribution < -0.4 is 9.64 Å². The van der Waals surface area contributed by atoms with E-state index in [9.17, 15) is 13.2 Å². The number of fused-ring (bicyclic) bond motifs is 1. The maximum atomic E-state index is 12.7. The van der Waals surface area contributed by atoms with Gasteiger partial charge in [0.05, 0.1) is 31.1 Å². The minimum absolute atomic E-state index is 0.0826. The standard InChI is InChI=1S/C20H20N2O4S2/c1-26-17-10-6-5-7-14(17)11-19(23)21-20-22(15-8-3-2-4-9-15)16-12-28(24,25)13-18(16)27-20/h2-10,16,18H,11-13H2,1H3/t16-,18-/m1/s1. The molecule has 0 bridgehead atoms. The maximum absolute atomic E-state index is 12.7. The van der Waals surface area contributed by atoms with Crippen LogP contribution in [-0.2, 0) is 21.1 Å². The van der Waals surface area contributed by atoms with Crippen molar-refractivity contribution < 1.29 is 17.9 Å². The average molecular weight is 417 g/mol. The van der Waals surface area contributed by atoms with E-state index in [1.165, 1.54) is 11.8 Å². The van der Waals surface area contributed by atoms with Crippen LogP contribution in [-0.4, -0.2) is 49.4 Å². The number of aliphatic imine (C=N–C) groups is 1. The summed E-state index contributed by atoms with van der Waals surface area (Å²) < 4.78 is 29.5. The van der Waals surface area contributed by atoms with Gasteiger partial charge in [0.25, 0.3) is 5.91 Å². The molecule has 2 aromatic rings. The number of anilines is 1. The first-order valence-corrected chi connectivity index (χ1v) is 11.6. The number of carbonyl (C=O) groups is 1. The first kappa shape index (κ1) is 19.0. The number of methoxy groups -OCH3 is 1. The Morgan fingerprint density at radius 3 is 2.61 bits per heavy atom. The molecule has 0 unspecified atom stereocenters. The molecule has 0 radical (unpaired) electrons. The molecule has 146 valence electrons. The van der Waals surface area contributed by atoms with Crippen molar-refractivity contribution in [3.63, 3.8) is 0 Å². The lowest BCUT2D eigenvalue weighted by molar-refractivity contribution is -0.117. The fourth-order valence-electron chi connectivity index (χ4n) is 3.61. The monoisotopic (exact) mass is 416 g/mol. The lowest BCUT2D eigenvalue weighted by atomic mass is 10.1. The van der Waals surface area contributed by atoms with Crippen molar-refractivity contribution in [3.05, 3.63) is 60.2 Å². The number of para-hydroxylation sites is 2. The number of carbonyl (C=O) groups excluding carboxylic acids is 1. The quantitative estimate of drug-likeness (QED) is 0.762. The first-order chi connectivity index (χ1) is 13.5. The molecule has 1 amide bonds. The Labute approximate surface area is 168 Å². The number of hydrogen-bond donors (Lipinski definition) is 0. The third kappa shape index (κ3) is 3.79. The third-order valence-electron chi connectivity index (χ3n) is 4.86. The molecule has 0 saturated carbocycles. The summed E-state index contributed by atoms with van der Waals surface area (Å²) in [7, 11) is -1.50. The molecule has 2 fully saturated rings. The Morgan fingerprint density at radius 1 is 1.14 bits per heavy atom. The summed E-state index contributed by atoms with van der Waals surface area (Å²) in [6, 6.07) is 16.7. The maximum Gasteiger partial charge on any atom is 0.252 e. The van der Waals surface area contributed by atoms with Gasteiger partial charge in [-0.1, -0.05) is 48.2 Å². The van der Waals surface area contributed by atoms with E-state index in [0.717, 1.165) is 11.3 Å². The van der Waals surface area contributed by atoms with E-state index in [1.807, 2.05) is 59.5 Å². The van der Waals surface area contributed by atoms with E-state index < -0.39 is 9.84 Å². The molecule has 0 aromatic heterocycles. The zero-order chi connectivity index (χ0) is 19.7. The van der Waals surface area contributed by atoms with Crippen LogP contribution in [0.1, 0.15) is 5.56 Å². The SMILES string of the molecule is COc1ccccc1CC(=O)N=C1S[C@@H]2CS(=O)(=O)C[C@H]2N1c1ccccc1. The van der Waals surface area contributed by atoms with Crippen LogP contribution in [0.25, 0.3) is 0 Å². The lowest BCUT2D eigenvalue weighted by Crippen LogP contribution is -2.37. The minimum atomic E-state index is -3.07. The average Bonchev–Trinajstić information content (AvgIpc) is 3.13. The second kappa shape index (κ2) is 7.60. The Hall–Kier alpha value is -2.32. The van der Waals surface area contributed by atoms with Gasteiger partial charge < -0.3 is 9.64 Å². The van der Waals surface area contributed by atoms with Crippen LogP contribution in [0, 0.1) is 0 Å². The second-order valence-corrected chi connectivity index (χ2v) is 10.1. The molecule has 28 heavy (non-hydrogen) atoms. The fraction of sp³-hybridized carbons (Fsp3) is 0.300. The number of sulfone groups is 1. The van der Waals surface area contributed by atoms with Gasteiger partial charge in [0.1, 0.15) is 5.75 Å². The second-order valence-electron chi connectivity index (χ2n) is 6.78. The van der Waals surface area contributed by atoms with Crippen molar-refractivity contribution in [3.8, 4) is 5.75 Å². The molecule has 2 aliphatic heterocycles. The summed E-state index contributed by atoms with van der Waals surface area (Å²) in [5, 5.41) is 0.457. The van der Waals surface area contributed by atoms with Gasteiger partial charge in [-0.15, -0.1) is 0 Å². The smallest absolute Gasteiger partial charge is 0.252 e. The van der Waals surface area contributed by atoms with Gasteiger partial charge in [-0.2, -0.15) is 4.99 Å². The molecule has 8 heteroatoms. The van der Waals surface area contributed by atoms with Gasteiger partial charge >= 0.3 is 0 Å². The van der Waals surface area contributed by atoms with Crippen LogP contribution in [0.3, 0.4) is 0 Å². The highest BCUT2D eigenvalue weighted by molar-refractivity contribution is 8.16. The molecular weight excluding hydrogens is 396 g/mol. The first-order valence-electron chi connectivity index (χ1n) is 8.91. The number of nitrogens with zero attached hydrogens (tertiary/aromatic N) is 2. The topological polar surface area (TPSA) is 76.0 Å². The van der Waals surface area contributed by atoms with E-state index in [2.05, 4.69) is 4.99 Å². The van der Waals surface area contributed by atoms with Gasteiger partial charge in [-0.05, 0) is 18.2 Å². The Morgan fingerprint density at radius 2 is 1.86 bits per heavy atom. The van der Waals surface area contributed by atoms with E-state index in [-0.39, 0.29) is 35.1 Å². The number of amidine groups is 1. The Bertz CT molecular complexity index is 1020. The summed E-state index contributed by atoms with van der Waals surface area (Å²) in [5.41, 5.74) is 1.62. The minimum Gasteiger partial charge on any atom is -0.496 e. The van der Waals surface area contributed by atoms with Gasteiger partial charge in [-0.25, -0.2) is 8.42 Å². The number of amides is 1. The number of thioether (sulfide) groups is 1. The van der Waals surface area contributed by atoms with Gasteiger partial charge in [-0.3, -0.25) is 4.79 Å². The molecule has 4 rings (SSSR count). The highest BCUT2D eigenvalue weighted by Crippen LogP contribution is 2.40. The van der Waals surface area contributed by atoms with E-state index >= 15 is 0 Å². The van der Waals surface area contributed by atoms with Gasteiger partial charge in [0, 0.05) is 16.5 Å². The van der Waals surface area contributed by atoms with Crippen LogP contribution in [0.2, 0.25) is 0 Å². The van der Waals surface area contributed by atoms with Gasteiger partial charge in [0.15, 0.2) is 15.0 Å². The van der Waals surface area contributed by atoms with E-state index in [1.54, 1.807) is 7.11 Å². The van der Waals surface area contributed by atoms with Crippen LogP contribution in [0.5, 0.6) is 5.75 Å². The van der Waals surface area contributed by atoms with Crippen molar-refractivity contribution >= 4 is 38.4 Å². The fourth-order valence-corrected chi connectivity index (χ4v) is 7.54. The van der Waals surface area contributed by atoms with Crippen molar-refractivity contribution in [1.82, 2.24) is 0 Å². The van der Waals surface area contributed by atoms with Crippen LogP contribution >= 0.6 is 11.8 Å². The molecule has 0 N–H and O–H groups in total. The van der Waals surface area contributed by atoms with Crippen LogP contribution in [0.15, 0.2) is 59.6 Å². The molecule has 2 atom stereocenters. The molecule has 2 saturated heterocycles. The third-order valence-corrected chi connectivity index (χ3v) is 8.07. The van der Waals surface area contributed by atoms with Crippen molar-refractivity contribution in [2.75, 3.05) is 23.5 Å². The summed E-state index contributed by atoms with van der Waals surface area (Å²) in [6.07, 6.45) is 0.129. The van der Waals surface area contributed by atoms with Crippen molar-refractivity contribution in [2.45, 2.75) is 17.7 Å². The zero-order valence-electron chi connectivity index (χ0n) is 15.3. The molecule has 6 nitrogen and oxygen atoms in total. The Kier molecular flexibility index (Phi) is 5.16. The number of benzene rings is 2. The van der Waals surface area contributed by atoms with Crippen molar-refractivity contribution in [1.29, 1.82) is 0 Å². The highest BCUT2D eigenvalue weighted by atomic mass is 32.2. The van der Waals surface area contributed by atoms with Crippen molar-refractivity contribution in [2.24, 2.45) is 4.99 Å². The summed E-state index contributed by atoms with van der Waals surface area (Å²) >= 11 is 1.38. The molecule has 0 spiro atoms. The lowest BCUT2D eigenvalue weighted by Gasteiger charge is -2.24. The van der Waals surface area contributed by atoms with Gasteiger partial charge in [0.2, 0.25) is 0 Å².